The highest BCUT2D eigenvalue weighted by atomic mass is 32.1. The first-order valence-corrected chi connectivity index (χ1v) is 11.7. The molecular formula is C25H28N2O4S. The second kappa shape index (κ2) is 11.4. The normalized spacial score (nSPS) is 11.6. The van der Waals surface area contributed by atoms with Gasteiger partial charge < -0.3 is 14.8 Å². The van der Waals surface area contributed by atoms with Gasteiger partial charge in [0.2, 0.25) is 0 Å². The van der Waals surface area contributed by atoms with Crippen molar-refractivity contribution in [3.05, 3.63) is 81.1 Å². The molecule has 0 radical (unpaired) electrons. The summed E-state index contributed by atoms with van der Waals surface area (Å²) >= 11 is 1.54. The Kier molecular flexibility index (Phi) is 8.39. The lowest BCUT2D eigenvalue weighted by atomic mass is 10.1. The predicted molar refractivity (Wildman–Crippen MR) is 126 cm³/mol. The van der Waals surface area contributed by atoms with Crippen LogP contribution in [0.15, 0.2) is 53.5 Å². The van der Waals surface area contributed by atoms with Crippen LogP contribution in [0.1, 0.15) is 64.9 Å². The minimum atomic E-state index is -0.959. The number of benzene rings is 1. The van der Waals surface area contributed by atoms with E-state index in [2.05, 4.69) is 11.9 Å². The zero-order valence-corrected chi connectivity index (χ0v) is 19.0. The van der Waals surface area contributed by atoms with Crippen molar-refractivity contribution in [3.8, 4) is 0 Å². The molecule has 0 amide bonds. The molecule has 6 nitrogen and oxygen atoms in total. The lowest BCUT2D eigenvalue weighted by molar-refractivity contribution is -0.132. The van der Waals surface area contributed by atoms with E-state index < -0.39 is 11.9 Å². The zero-order chi connectivity index (χ0) is 22.9. The summed E-state index contributed by atoms with van der Waals surface area (Å²) in [6.45, 7) is 2.67. The van der Waals surface area contributed by atoms with Gasteiger partial charge in [-0.1, -0.05) is 44.4 Å². The van der Waals surface area contributed by atoms with Crippen LogP contribution in [0.3, 0.4) is 0 Å². The standard InChI is InChI=1S/C25H28N2O4S/c1-2-3-4-5-8-23-26-16-21(14-20(25(30)31)15-22-7-6-13-32-22)27(23)17-18-9-11-19(12-10-18)24(28)29/h6-7,9-14,16H,2-5,8,15,17H2,1H3,(H,28,29)(H,30,31). The zero-order valence-electron chi connectivity index (χ0n) is 18.2. The Morgan fingerprint density at radius 2 is 1.88 bits per heavy atom. The van der Waals surface area contributed by atoms with Crippen molar-refractivity contribution in [3.63, 3.8) is 0 Å². The summed E-state index contributed by atoms with van der Waals surface area (Å²) in [5.41, 5.74) is 2.23. The van der Waals surface area contributed by atoms with E-state index >= 15 is 0 Å². The molecule has 0 atom stereocenters. The number of unbranched alkanes of at least 4 members (excludes halogenated alkanes) is 3. The number of aromatic carboxylic acids is 1. The molecule has 2 aromatic heterocycles. The topological polar surface area (TPSA) is 92.4 Å². The summed E-state index contributed by atoms with van der Waals surface area (Å²) in [4.78, 5) is 28.6. The predicted octanol–water partition coefficient (Wildman–Crippen LogP) is 5.52. The summed E-state index contributed by atoms with van der Waals surface area (Å²) in [6.07, 6.45) is 9.09. The molecule has 0 unspecified atom stereocenters. The summed E-state index contributed by atoms with van der Waals surface area (Å²) in [5, 5.41) is 20.8. The van der Waals surface area contributed by atoms with E-state index in [-0.39, 0.29) is 5.56 Å². The molecular weight excluding hydrogens is 424 g/mol. The van der Waals surface area contributed by atoms with Crippen LogP contribution in [-0.2, 0) is 24.2 Å². The first-order valence-electron chi connectivity index (χ1n) is 10.8. The third-order valence-electron chi connectivity index (χ3n) is 5.31. The molecule has 0 aliphatic carbocycles. The van der Waals surface area contributed by atoms with Gasteiger partial charge in [-0.25, -0.2) is 14.6 Å². The van der Waals surface area contributed by atoms with Gasteiger partial charge in [-0.15, -0.1) is 11.3 Å². The smallest absolute Gasteiger partial charge is 0.335 e. The van der Waals surface area contributed by atoms with Gasteiger partial charge in [0.25, 0.3) is 0 Å². The molecule has 0 aliphatic heterocycles. The Labute approximate surface area is 191 Å². The van der Waals surface area contributed by atoms with Gasteiger partial charge >= 0.3 is 11.9 Å². The lowest BCUT2D eigenvalue weighted by Crippen LogP contribution is -2.09. The fourth-order valence-electron chi connectivity index (χ4n) is 3.54. The number of rotatable bonds is 12. The average molecular weight is 453 g/mol. The Morgan fingerprint density at radius 1 is 1.09 bits per heavy atom. The number of hydrogen-bond acceptors (Lipinski definition) is 4. The fraction of sp³-hybridized carbons (Fsp3) is 0.320. The van der Waals surface area contributed by atoms with Gasteiger partial charge in [0.15, 0.2) is 0 Å². The molecule has 0 aliphatic rings. The van der Waals surface area contributed by atoms with E-state index in [9.17, 15) is 14.7 Å². The van der Waals surface area contributed by atoms with Crippen LogP contribution >= 0.6 is 11.3 Å². The highest BCUT2D eigenvalue weighted by Crippen LogP contribution is 2.20. The molecule has 32 heavy (non-hydrogen) atoms. The largest absolute Gasteiger partial charge is 0.478 e. The molecule has 168 valence electrons. The number of nitrogens with zero attached hydrogens (tertiary/aromatic N) is 2. The van der Waals surface area contributed by atoms with Gasteiger partial charge in [0.05, 0.1) is 17.5 Å². The van der Waals surface area contributed by atoms with Crippen LogP contribution in [0.2, 0.25) is 0 Å². The molecule has 3 rings (SSSR count). The summed E-state index contributed by atoms with van der Waals surface area (Å²) in [7, 11) is 0. The maximum Gasteiger partial charge on any atom is 0.335 e. The van der Waals surface area contributed by atoms with E-state index in [4.69, 9.17) is 5.11 Å². The van der Waals surface area contributed by atoms with Crippen molar-refractivity contribution in [1.82, 2.24) is 9.55 Å². The van der Waals surface area contributed by atoms with Crippen molar-refractivity contribution in [2.45, 2.75) is 52.0 Å². The second-order valence-electron chi connectivity index (χ2n) is 7.73. The van der Waals surface area contributed by atoms with Crippen LogP contribution in [0.4, 0.5) is 0 Å². The SMILES string of the molecule is CCCCCCc1ncc(C=C(Cc2cccs2)C(=O)O)n1Cc1ccc(C(=O)O)cc1. The van der Waals surface area contributed by atoms with Crippen LogP contribution in [0.25, 0.3) is 6.08 Å². The average Bonchev–Trinajstić information content (AvgIpc) is 3.42. The van der Waals surface area contributed by atoms with Gasteiger partial charge in [-0.3, -0.25) is 0 Å². The first kappa shape index (κ1) is 23.5. The van der Waals surface area contributed by atoms with E-state index in [1.807, 2.05) is 22.1 Å². The van der Waals surface area contributed by atoms with Crippen molar-refractivity contribution in [2.24, 2.45) is 0 Å². The Hall–Kier alpha value is -3.19. The molecule has 0 saturated heterocycles. The number of aryl methyl sites for hydroxylation is 1. The van der Waals surface area contributed by atoms with Crippen molar-refractivity contribution in [1.29, 1.82) is 0 Å². The maximum absolute atomic E-state index is 11.9. The van der Waals surface area contributed by atoms with Crippen LogP contribution in [0, 0.1) is 0 Å². The van der Waals surface area contributed by atoms with Gasteiger partial charge in [0.1, 0.15) is 5.82 Å². The maximum atomic E-state index is 11.9. The number of aromatic nitrogens is 2. The molecule has 1 aromatic carbocycles. The van der Waals surface area contributed by atoms with Crippen molar-refractivity contribution in [2.75, 3.05) is 0 Å². The van der Waals surface area contributed by atoms with Crippen molar-refractivity contribution >= 4 is 29.4 Å². The molecule has 7 heteroatoms. The van der Waals surface area contributed by atoms with Crippen LogP contribution < -0.4 is 0 Å². The summed E-state index contributed by atoms with van der Waals surface area (Å²) < 4.78 is 2.04. The number of carboxylic acids is 2. The van der Waals surface area contributed by atoms with Crippen LogP contribution in [0.5, 0.6) is 0 Å². The number of aliphatic carboxylic acids is 1. The first-order chi connectivity index (χ1) is 15.5. The second-order valence-corrected chi connectivity index (χ2v) is 8.76. The molecule has 0 bridgehead atoms. The highest BCUT2D eigenvalue weighted by Gasteiger charge is 2.14. The summed E-state index contributed by atoms with van der Waals surface area (Å²) in [5.74, 6) is -0.990. The molecule has 0 saturated carbocycles. The fourth-order valence-corrected chi connectivity index (χ4v) is 4.27. The van der Waals surface area contributed by atoms with Crippen molar-refractivity contribution < 1.29 is 19.8 Å². The molecule has 2 heterocycles. The summed E-state index contributed by atoms with van der Waals surface area (Å²) in [6, 6.07) is 10.6. The number of hydrogen-bond donors (Lipinski definition) is 2. The Balaban J connectivity index is 1.90. The van der Waals surface area contributed by atoms with Gasteiger partial charge in [0, 0.05) is 29.8 Å². The number of imidazole rings is 1. The van der Waals surface area contributed by atoms with E-state index in [0.717, 1.165) is 47.6 Å². The third kappa shape index (κ3) is 6.40. The van der Waals surface area contributed by atoms with Gasteiger partial charge in [-0.2, -0.15) is 0 Å². The van der Waals surface area contributed by atoms with Crippen LogP contribution in [-0.4, -0.2) is 31.7 Å². The lowest BCUT2D eigenvalue weighted by Gasteiger charge is -2.12. The number of thiophene rings is 1. The third-order valence-corrected chi connectivity index (χ3v) is 6.18. The molecule has 3 aromatic rings. The Bertz CT molecular complexity index is 1070. The van der Waals surface area contributed by atoms with E-state index in [0.29, 0.717) is 18.5 Å². The molecule has 0 fully saturated rings. The monoisotopic (exact) mass is 452 g/mol. The van der Waals surface area contributed by atoms with E-state index in [1.165, 1.54) is 17.8 Å². The molecule has 2 N–H and O–H groups in total. The minimum absolute atomic E-state index is 0.239. The number of carboxylic acid groups (broad SMARTS) is 2. The quantitative estimate of drug-likeness (QED) is 0.279. The molecule has 0 spiro atoms. The highest BCUT2D eigenvalue weighted by molar-refractivity contribution is 7.09. The minimum Gasteiger partial charge on any atom is -0.478 e. The van der Waals surface area contributed by atoms with E-state index in [1.54, 1.807) is 36.5 Å². The number of carbonyl (C=O) groups is 2. The van der Waals surface area contributed by atoms with Gasteiger partial charge in [-0.05, 0) is 41.6 Å². The Morgan fingerprint density at radius 3 is 2.50 bits per heavy atom.